The summed E-state index contributed by atoms with van der Waals surface area (Å²) in [6.45, 7) is 4.41. The molecule has 0 atom stereocenters. The van der Waals surface area contributed by atoms with Gasteiger partial charge in [0.25, 0.3) is 0 Å². The molecule has 0 aliphatic heterocycles. The Hall–Kier alpha value is -0.660. The van der Waals surface area contributed by atoms with E-state index in [0.717, 1.165) is 12.2 Å². The summed E-state index contributed by atoms with van der Waals surface area (Å²) in [6, 6.07) is 5.58. The largest absolute Gasteiger partial charge is 0.370 e. The van der Waals surface area contributed by atoms with Crippen LogP contribution in [0.1, 0.15) is 0 Å². The third kappa shape index (κ3) is 2.39. The molecule has 1 aromatic carbocycles. The van der Waals surface area contributed by atoms with E-state index in [1.807, 2.05) is 30.2 Å². The van der Waals surface area contributed by atoms with E-state index in [-0.39, 0.29) is 0 Å². The summed E-state index contributed by atoms with van der Waals surface area (Å²) in [4.78, 5) is 1.99. The first-order chi connectivity index (χ1) is 6.16. The van der Waals surface area contributed by atoms with Crippen LogP contribution in [0.4, 0.5) is 5.69 Å². The molecular formula is C10H11Cl2N. The van der Waals surface area contributed by atoms with Crippen molar-refractivity contribution in [1.82, 2.24) is 0 Å². The molecule has 1 nitrogen and oxygen atoms in total. The van der Waals surface area contributed by atoms with Crippen molar-refractivity contribution in [1.29, 1.82) is 0 Å². The monoisotopic (exact) mass is 215 g/mol. The number of hydrogen-bond acceptors (Lipinski definition) is 1. The first-order valence-electron chi connectivity index (χ1n) is 3.93. The van der Waals surface area contributed by atoms with E-state index in [1.54, 1.807) is 6.07 Å². The van der Waals surface area contributed by atoms with Crippen LogP contribution in [0.2, 0.25) is 10.0 Å². The molecule has 0 spiro atoms. The van der Waals surface area contributed by atoms with Gasteiger partial charge in [-0.2, -0.15) is 0 Å². The lowest BCUT2D eigenvalue weighted by Gasteiger charge is -2.18. The van der Waals surface area contributed by atoms with Gasteiger partial charge in [0.15, 0.2) is 0 Å². The Balaban J connectivity index is 3.00. The van der Waals surface area contributed by atoms with Crippen LogP contribution in [0.5, 0.6) is 0 Å². The first kappa shape index (κ1) is 10.4. The minimum absolute atomic E-state index is 0.579. The molecule has 13 heavy (non-hydrogen) atoms. The second-order valence-corrected chi connectivity index (χ2v) is 3.53. The molecule has 3 heteroatoms. The van der Waals surface area contributed by atoms with Crippen molar-refractivity contribution in [2.45, 2.75) is 0 Å². The summed E-state index contributed by atoms with van der Waals surface area (Å²) >= 11 is 11.9. The molecule has 0 saturated heterocycles. The van der Waals surface area contributed by atoms with Crippen molar-refractivity contribution in [3.8, 4) is 0 Å². The molecule has 1 rings (SSSR count). The van der Waals surface area contributed by atoms with Gasteiger partial charge in [-0.3, -0.25) is 0 Å². The highest BCUT2D eigenvalue weighted by molar-refractivity contribution is 6.43. The van der Waals surface area contributed by atoms with Gasteiger partial charge < -0.3 is 4.90 Å². The molecule has 70 valence electrons. The zero-order chi connectivity index (χ0) is 9.84. The smallest absolute Gasteiger partial charge is 0.0825 e. The summed E-state index contributed by atoms with van der Waals surface area (Å²) in [7, 11) is 1.94. The van der Waals surface area contributed by atoms with Gasteiger partial charge in [-0.15, -0.1) is 6.58 Å². The van der Waals surface area contributed by atoms with Gasteiger partial charge in [0.05, 0.1) is 15.7 Å². The second kappa shape index (κ2) is 4.54. The SMILES string of the molecule is C=CCN(C)c1cccc(Cl)c1Cl. The predicted octanol–water partition coefficient (Wildman–Crippen LogP) is 3.62. The Morgan fingerprint density at radius 2 is 2.15 bits per heavy atom. The van der Waals surface area contributed by atoms with Gasteiger partial charge >= 0.3 is 0 Å². The van der Waals surface area contributed by atoms with Gasteiger partial charge in [-0.1, -0.05) is 35.3 Å². The van der Waals surface area contributed by atoms with E-state index < -0.39 is 0 Å². The van der Waals surface area contributed by atoms with Crippen LogP contribution >= 0.6 is 23.2 Å². The molecule has 1 aromatic rings. The zero-order valence-electron chi connectivity index (χ0n) is 7.43. The first-order valence-corrected chi connectivity index (χ1v) is 4.68. The highest BCUT2D eigenvalue weighted by Crippen LogP contribution is 2.31. The standard InChI is InChI=1S/C10H11Cl2N/c1-3-7-13(2)9-6-4-5-8(11)10(9)12/h3-6H,1,7H2,2H3. The maximum Gasteiger partial charge on any atom is 0.0825 e. The lowest BCUT2D eigenvalue weighted by Crippen LogP contribution is -2.16. The lowest BCUT2D eigenvalue weighted by atomic mass is 10.3. The number of halogens is 2. The normalized spacial score (nSPS) is 9.77. The minimum Gasteiger partial charge on any atom is -0.370 e. The van der Waals surface area contributed by atoms with Gasteiger partial charge in [-0.25, -0.2) is 0 Å². The molecule has 0 aliphatic rings. The predicted molar refractivity (Wildman–Crippen MR) is 59.9 cm³/mol. The molecule has 0 fully saturated rings. The fraction of sp³-hybridized carbons (Fsp3) is 0.200. The maximum atomic E-state index is 6.02. The van der Waals surface area contributed by atoms with Gasteiger partial charge in [0.1, 0.15) is 0 Å². The number of likely N-dealkylation sites (N-methyl/N-ethyl adjacent to an activating group) is 1. The highest BCUT2D eigenvalue weighted by atomic mass is 35.5. The highest BCUT2D eigenvalue weighted by Gasteiger charge is 2.06. The molecule has 0 unspecified atom stereocenters. The number of anilines is 1. The summed E-state index contributed by atoms with van der Waals surface area (Å²) in [6.07, 6.45) is 1.82. The van der Waals surface area contributed by atoms with Crippen LogP contribution in [0.15, 0.2) is 30.9 Å². The number of rotatable bonds is 3. The van der Waals surface area contributed by atoms with Crippen molar-refractivity contribution in [3.05, 3.63) is 40.9 Å². The van der Waals surface area contributed by atoms with E-state index in [2.05, 4.69) is 6.58 Å². The van der Waals surface area contributed by atoms with Crippen LogP contribution in [-0.4, -0.2) is 13.6 Å². The van der Waals surface area contributed by atoms with Gasteiger partial charge in [0, 0.05) is 13.6 Å². The van der Waals surface area contributed by atoms with E-state index in [4.69, 9.17) is 23.2 Å². The average Bonchev–Trinajstić information content (AvgIpc) is 2.10. The third-order valence-corrected chi connectivity index (χ3v) is 2.55. The zero-order valence-corrected chi connectivity index (χ0v) is 8.94. The third-order valence-electron chi connectivity index (χ3n) is 1.75. The van der Waals surface area contributed by atoms with E-state index in [0.29, 0.717) is 10.0 Å². The van der Waals surface area contributed by atoms with Gasteiger partial charge in [0.2, 0.25) is 0 Å². The fourth-order valence-electron chi connectivity index (χ4n) is 1.08. The molecule has 0 bridgehead atoms. The molecule has 0 saturated carbocycles. The Labute approximate surface area is 88.6 Å². The number of benzene rings is 1. The molecule has 0 amide bonds. The fourth-order valence-corrected chi connectivity index (χ4v) is 1.52. The summed E-state index contributed by atoms with van der Waals surface area (Å²) in [5, 5.41) is 1.17. The Kier molecular flexibility index (Phi) is 3.64. The number of nitrogens with zero attached hydrogens (tertiary/aromatic N) is 1. The summed E-state index contributed by atoms with van der Waals surface area (Å²) < 4.78 is 0. The van der Waals surface area contributed by atoms with Crippen LogP contribution in [-0.2, 0) is 0 Å². The number of hydrogen-bond donors (Lipinski definition) is 0. The molecular weight excluding hydrogens is 205 g/mol. The van der Waals surface area contributed by atoms with E-state index >= 15 is 0 Å². The average molecular weight is 216 g/mol. The van der Waals surface area contributed by atoms with Crippen molar-refractivity contribution in [2.75, 3.05) is 18.5 Å². The minimum atomic E-state index is 0.579. The van der Waals surface area contributed by atoms with Crippen LogP contribution in [0.25, 0.3) is 0 Å². The quantitative estimate of drug-likeness (QED) is 0.697. The Bertz CT molecular complexity index is 310. The topological polar surface area (TPSA) is 3.24 Å². The van der Waals surface area contributed by atoms with Crippen molar-refractivity contribution < 1.29 is 0 Å². The van der Waals surface area contributed by atoms with Crippen molar-refractivity contribution in [3.63, 3.8) is 0 Å². The van der Waals surface area contributed by atoms with E-state index in [1.165, 1.54) is 0 Å². The molecule has 0 aliphatic carbocycles. The van der Waals surface area contributed by atoms with Crippen molar-refractivity contribution in [2.24, 2.45) is 0 Å². The van der Waals surface area contributed by atoms with Gasteiger partial charge in [-0.05, 0) is 12.1 Å². The lowest BCUT2D eigenvalue weighted by molar-refractivity contribution is 1.03. The molecule has 0 N–H and O–H groups in total. The Morgan fingerprint density at radius 3 is 2.77 bits per heavy atom. The summed E-state index contributed by atoms with van der Waals surface area (Å²) in [5.74, 6) is 0. The van der Waals surface area contributed by atoms with Crippen LogP contribution in [0.3, 0.4) is 0 Å². The second-order valence-electron chi connectivity index (χ2n) is 2.74. The molecule has 0 radical (unpaired) electrons. The van der Waals surface area contributed by atoms with Crippen molar-refractivity contribution >= 4 is 28.9 Å². The Morgan fingerprint density at radius 1 is 1.46 bits per heavy atom. The molecule has 0 aromatic heterocycles. The van der Waals surface area contributed by atoms with E-state index in [9.17, 15) is 0 Å². The van der Waals surface area contributed by atoms with Crippen LogP contribution in [0, 0.1) is 0 Å². The maximum absolute atomic E-state index is 6.02. The molecule has 0 heterocycles. The van der Waals surface area contributed by atoms with Crippen LogP contribution < -0.4 is 4.90 Å². The summed E-state index contributed by atoms with van der Waals surface area (Å²) in [5.41, 5.74) is 0.925.